The quantitative estimate of drug-likeness (QED) is 0.892. The van der Waals surface area contributed by atoms with E-state index >= 15 is 0 Å². The number of rotatable bonds is 4. The molecule has 0 aliphatic carbocycles. The van der Waals surface area contributed by atoms with E-state index in [4.69, 9.17) is 23.2 Å². The van der Waals surface area contributed by atoms with Gasteiger partial charge in [0, 0.05) is 27.7 Å². The summed E-state index contributed by atoms with van der Waals surface area (Å²) >= 11 is 13.7. The van der Waals surface area contributed by atoms with Crippen molar-refractivity contribution in [1.29, 1.82) is 0 Å². The van der Waals surface area contributed by atoms with E-state index in [-0.39, 0.29) is 6.04 Å². The predicted octanol–water partition coefficient (Wildman–Crippen LogP) is 4.61. The highest BCUT2D eigenvalue weighted by molar-refractivity contribution is 7.09. The van der Waals surface area contributed by atoms with Crippen LogP contribution in [-0.2, 0) is 6.54 Å². The smallest absolute Gasteiger partial charge is 0.110 e. The van der Waals surface area contributed by atoms with Gasteiger partial charge in [-0.25, -0.2) is 4.98 Å². The number of hydrogen-bond acceptors (Lipinski definition) is 3. The Kier molecular flexibility index (Phi) is 4.62. The van der Waals surface area contributed by atoms with Crippen LogP contribution in [0.25, 0.3) is 0 Å². The highest BCUT2D eigenvalue weighted by Gasteiger charge is 2.09. The summed E-state index contributed by atoms with van der Waals surface area (Å²) in [6.45, 7) is 4.81. The second-order valence-corrected chi connectivity index (χ2v) is 5.90. The molecule has 1 aromatic heterocycles. The summed E-state index contributed by atoms with van der Waals surface area (Å²) in [5.74, 6) is 0. The van der Waals surface area contributed by atoms with Gasteiger partial charge >= 0.3 is 0 Å². The standard InChI is InChI=1S/C13H14Cl2N2S/c1-8-7-18-13(17-8)9(2)16-6-10-3-4-11(14)5-12(10)15/h3-5,7,9,16H,6H2,1-2H3. The third-order valence-electron chi connectivity index (χ3n) is 2.62. The van der Waals surface area contributed by atoms with Crippen LogP contribution in [0, 0.1) is 6.92 Å². The molecular formula is C13H14Cl2N2S. The van der Waals surface area contributed by atoms with E-state index < -0.39 is 0 Å². The van der Waals surface area contributed by atoms with Gasteiger partial charge < -0.3 is 5.32 Å². The maximum Gasteiger partial charge on any atom is 0.110 e. The fraction of sp³-hybridized carbons (Fsp3) is 0.308. The summed E-state index contributed by atoms with van der Waals surface area (Å²) < 4.78 is 0. The summed E-state index contributed by atoms with van der Waals surface area (Å²) in [6.07, 6.45) is 0. The van der Waals surface area contributed by atoms with Gasteiger partial charge in [-0.15, -0.1) is 11.3 Å². The van der Waals surface area contributed by atoms with Gasteiger partial charge in [0.15, 0.2) is 0 Å². The molecule has 96 valence electrons. The number of hydrogen-bond donors (Lipinski definition) is 1. The summed E-state index contributed by atoms with van der Waals surface area (Å²) in [5, 5.41) is 7.91. The van der Waals surface area contributed by atoms with Crippen molar-refractivity contribution in [2.24, 2.45) is 0 Å². The van der Waals surface area contributed by atoms with Crippen molar-refractivity contribution in [2.45, 2.75) is 26.4 Å². The molecule has 1 unspecified atom stereocenters. The molecule has 2 rings (SSSR count). The highest BCUT2D eigenvalue weighted by atomic mass is 35.5. The zero-order valence-corrected chi connectivity index (χ0v) is 12.5. The van der Waals surface area contributed by atoms with Gasteiger partial charge in [0.05, 0.1) is 6.04 Å². The number of benzene rings is 1. The second kappa shape index (κ2) is 6.02. The maximum atomic E-state index is 6.13. The highest BCUT2D eigenvalue weighted by Crippen LogP contribution is 2.22. The van der Waals surface area contributed by atoms with E-state index in [9.17, 15) is 0 Å². The number of nitrogens with zero attached hydrogens (tertiary/aromatic N) is 1. The zero-order chi connectivity index (χ0) is 13.1. The van der Waals surface area contributed by atoms with Gasteiger partial charge in [-0.05, 0) is 31.5 Å². The molecule has 0 saturated heterocycles. The fourth-order valence-electron chi connectivity index (χ4n) is 1.59. The first-order valence-electron chi connectivity index (χ1n) is 5.65. The van der Waals surface area contributed by atoms with Gasteiger partial charge in [-0.2, -0.15) is 0 Å². The summed E-state index contributed by atoms with van der Waals surface area (Å²) in [5.41, 5.74) is 2.11. The minimum absolute atomic E-state index is 0.218. The van der Waals surface area contributed by atoms with Crippen molar-refractivity contribution in [2.75, 3.05) is 0 Å². The Morgan fingerprint density at radius 2 is 2.17 bits per heavy atom. The molecule has 18 heavy (non-hydrogen) atoms. The lowest BCUT2D eigenvalue weighted by Gasteiger charge is -2.12. The summed E-state index contributed by atoms with van der Waals surface area (Å²) in [6, 6.07) is 5.77. The molecule has 1 atom stereocenters. The first-order valence-corrected chi connectivity index (χ1v) is 7.29. The topological polar surface area (TPSA) is 24.9 Å². The number of aromatic nitrogens is 1. The van der Waals surface area contributed by atoms with E-state index in [2.05, 4.69) is 22.6 Å². The third kappa shape index (κ3) is 3.45. The third-order valence-corrected chi connectivity index (χ3v) is 4.35. The van der Waals surface area contributed by atoms with Crippen molar-refractivity contribution >= 4 is 34.5 Å². The average Bonchev–Trinajstić information content (AvgIpc) is 2.74. The molecule has 2 aromatic rings. The number of aryl methyl sites for hydroxylation is 1. The van der Waals surface area contributed by atoms with Crippen LogP contribution in [0.1, 0.15) is 29.2 Å². The first kappa shape index (κ1) is 13.8. The molecule has 0 saturated carbocycles. The Balaban J connectivity index is 1.99. The van der Waals surface area contributed by atoms with Gasteiger partial charge in [0.2, 0.25) is 0 Å². The molecule has 1 heterocycles. The number of nitrogens with one attached hydrogen (secondary N) is 1. The fourth-order valence-corrected chi connectivity index (χ4v) is 2.89. The normalized spacial score (nSPS) is 12.7. The van der Waals surface area contributed by atoms with Crippen molar-refractivity contribution < 1.29 is 0 Å². The van der Waals surface area contributed by atoms with Gasteiger partial charge in [-0.3, -0.25) is 0 Å². The predicted molar refractivity (Wildman–Crippen MR) is 78.6 cm³/mol. The maximum absolute atomic E-state index is 6.13. The van der Waals surface area contributed by atoms with Crippen molar-refractivity contribution in [3.63, 3.8) is 0 Å². The molecular weight excluding hydrogens is 287 g/mol. The molecule has 2 nitrogen and oxygen atoms in total. The van der Waals surface area contributed by atoms with Gasteiger partial charge in [0.25, 0.3) is 0 Å². The van der Waals surface area contributed by atoms with Crippen LogP contribution in [0.3, 0.4) is 0 Å². The molecule has 0 bridgehead atoms. The van der Waals surface area contributed by atoms with E-state index in [1.807, 2.05) is 19.1 Å². The zero-order valence-electron chi connectivity index (χ0n) is 10.2. The molecule has 0 spiro atoms. The Morgan fingerprint density at radius 3 is 2.78 bits per heavy atom. The SMILES string of the molecule is Cc1csc(C(C)NCc2ccc(Cl)cc2Cl)n1. The molecule has 0 radical (unpaired) electrons. The van der Waals surface area contributed by atoms with Crippen LogP contribution in [0.4, 0.5) is 0 Å². The second-order valence-electron chi connectivity index (χ2n) is 4.17. The Morgan fingerprint density at radius 1 is 1.39 bits per heavy atom. The number of halogens is 2. The van der Waals surface area contributed by atoms with Crippen molar-refractivity contribution in [1.82, 2.24) is 10.3 Å². The lowest BCUT2D eigenvalue weighted by Crippen LogP contribution is -2.18. The lowest BCUT2D eigenvalue weighted by atomic mass is 10.2. The van der Waals surface area contributed by atoms with Crippen LogP contribution in [0.5, 0.6) is 0 Å². The molecule has 0 aliphatic rings. The molecule has 5 heteroatoms. The molecule has 0 amide bonds. The van der Waals surface area contributed by atoms with Crippen LogP contribution < -0.4 is 5.32 Å². The molecule has 0 aliphatic heterocycles. The minimum Gasteiger partial charge on any atom is -0.304 e. The van der Waals surface area contributed by atoms with E-state index in [0.29, 0.717) is 16.6 Å². The van der Waals surface area contributed by atoms with Crippen LogP contribution in [0.2, 0.25) is 10.0 Å². The largest absolute Gasteiger partial charge is 0.304 e. The van der Waals surface area contributed by atoms with Gasteiger partial charge in [0.1, 0.15) is 5.01 Å². The lowest BCUT2D eigenvalue weighted by molar-refractivity contribution is 0.571. The first-order chi connectivity index (χ1) is 8.56. The Hall–Kier alpha value is -0.610. The van der Waals surface area contributed by atoms with Crippen LogP contribution >= 0.6 is 34.5 Å². The number of thiazole rings is 1. The van der Waals surface area contributed by atoms with Crippen LogP contribution in [-0.4, -0.2) is 4.98 Å². The molecule has 1 aromatic carbocycles. The van der Waals surface area contributed by atoms with Crippen LogP contribution in [0.15, 0.2) is 23.6 Å². The monoisotopic (exact) mass is 300 g/mol. The van der Waals surface area contributed by atoms with Gasteiger partial charge in [-0.1, -0.05) is 29.3 Å². The molecule has 1 N–H and O–H groups in total. The minimum atomic E-state index is 0.218. The van der Waals surface area contributed by atoms with E-state index in [0.717, 1.165) is 16.3 Å². The summed E-state index contributed by atoms with van der Waals surface area (Å²) in [4.78, 5) is 4.46. The Labute approximate surface area is 121 Å². The van der Waals surface area contributed by atoms with E-state index in [1.165, 1.54) is 0 Å². The van der Waals surface area contributed by atoms with E-state index in [1.54, 1.807) is 17.4 Å². The Bertz CT molecular complexity index is 540. The average molecular weight is 301 g/mol. The van der Waals surface area contributed by atoms with Crippen molar-refractivity contribution in [3.8, 4) is 0 Å². The van der Waals surface area contributed by atoms with Crippen molar-refractivity contribution in [3.05, 3.63) is 49.9 Å². The molecule has 0 fully saturated rings. The summed E-state index contributed by atoms with van der Waals surface area (Å²) in [7, 11) is 0.